The molecule has 0 radical (unpaired) electrons. The van der Waals surface area contributed by atoms with Crippen LogP contribution in [0.4, 0.5) is 0 Å². The molecular formula is C12H25O2P. The van der Waals surface area contributed by atoms with Gasteiger partial charge in [0.2, 0.25) is 0 Å². The van der Waals surface area contributed by atoms with Crippen LogP contribution >= 0.6 is 7.92 Å². The van der Waals surface area contributed by atoms with Crippen LogP contribution in [0.2, 0.25) is 0 Å². The third kappa shape index (κ3) is 6.89. The minimum Gasteiger partial charge on any atom is -0.481 e. The van der Waals surface area contributed by atoms with Crippen molar-refractivity contribution in [3.05, 3.63) is 0 Å². The highest BCUT2D eigenvalue weighted by Gasteiger charge is 2.30. The Bertz CT molecular complexity index is 216. The van der Waals surface area contributed by atoms with Gasteiger partial charge >= 0.3 is 5.97 Å². The van der Waals surface area contributed by atoms with E-state index in [9.17, 15) is 4.79 Å². The van der Waals surface area contributed by atoms with Crippen molar-refractivity contribution in [1.29, 1.82) is 0 Å². The molecule has 0 aliphatic carbocycles. The largest absolute Gasteiger partial charge is 0.481 e. The molecule has 2 nitrogen and oxygen atoms in total. The highest BCUT2D eigenvalue weighted by molar-refractivity contribution is 7.58. The van der Waals surface area contributed by atoms with Crippen molar-refractivity contribution in [2.24, 2.45) is 5.41 Å². The molecule has 0 aromatic heterocycles. The molecule has 15 heavy (non-hydrogen) atoms. The Hall–Kier alpha value is -0.100. The molecule has 1 N–H and O–H groups in total. The summed E-state index contributed by atoms with van der Waals surface area (Å²) < 4.78 is 0. The quantitative estimate of drug-likeness (QED) is 0.732. The minimum absolute atomic E-state index is 0.201. The Morgan fingerprint density at radius 2 is 1.67 bits per heavy atom. The van der Waals surface area contributed by atoms with Gasteiger partial charge in [-0.2, -0.15) is 0 Å². The van der Waals surface area contributed by atoms with Gasteiger partial charge in [-0.25, -0.2) is 0 Å². The van der Waals surface area contributed by atoms with Crippen LogP contribution in [0.25, 0.3) is 0 Å². The maximum Gasteiger partial charge on any atom is 0.303 e. The van der Waals surface area contributed by atoms with Crippen LogP contribution in [-0.4, -0.2) is 29.1 Å². The Labute approximate surface area is 95.2 Å². The molecule has 3 heteroatoms. The Morgan fingerprint density at radius 3 is 2.00 bits per heavy atom. The fourth-order valence-electron chi connectivity index (χ4n) is 2.00. The summed E-state index contributed by atoms with van der Waals surface area (Å²) in [4.78, 5) is 10.5. The van der Waals surface area contributed by atoms with Gasteiger partial charge in [0.25, 0.3) is 0 Å². The molecule has 0 saturated carbocycles. The summed E-state index contributed by atoms with van der Waals surface area (Å²) in [6.07, 6.45) is 2.31. The van der Waals surface area contributed by atoms with E-state index in [-0.39, 0.29) is 13.1 Å². The number of carboxylic acid groups (broad SMARTS) is 1. The van der Waals surface area contributed by atoms with E-state index in [1.165, 1.54) is 0 Å². The molecule has 90 valence electrons. The molecule has 0 fully saturated rings. The van der Waals surface area contributed by atoms with Crippen LogP contribution in [0.15, 0.2) is 0 Å². The molecule has 0 aliphatic heterocycles. The SMILES string of the molecule is CP(CCC(=O)O)C(C)(C)CC(C)(C)C. The van der Waals surface area contributed by atoms with Gasteiger partial charge in [0, 0.05) is 6.42 Å². The fraction of sp³-hybridized carbons (Fsp3) is 0.917. The normalized spacial score (nSPS) is 15.1. The molecule has 0 aliphatic rings. The first-order valence-corrected chi connectivity index (χ1v) is 7.45. The van der Waals surface area contributed by atoms with Crippen molar-refractivity contribution >= 4 is 13.9 Å². The lowest BCUT2D eigenvalue weighted by atomic mass is 9.86. The van der Waals surface area contributed by atoms with Gasteiger partial charge in [-0.15, -0.1) is 7.92 Å². The molecule has 1 atom stereocenters. The van der Waals surface area contributed by atoms with Crippen molar-refractivity contribution in [3.8, 4) is 0 Å². The standard InChI is InChI=1S/C12H25O2P/c1-11(2,3)9-12(4,5)15(6)8-7-10(13)14/h7-9H2,1-6H3,(H,13,14). The lowest BCUT2D eigenvalue weighted by Gasteiger charge is -2.37. The van der Waals surface area contributed by atoms with Crippen molar-refractivity contribution < 1.29 is 9.90 Å². The molecular weight excluding hydrogens is 207 g/mol. The zero-order chi connectivity index (χ0) is 12.3. The monoisotopic (exact) mass is 232 g/mol. The minimum atomic E-state index is -0.670. The van der Waals surface area contributed by atoms with Gasteiger partial charge in [0.05, 0.1) is 0 Å². The fourth-order valence-corrected chi connectivity index (χ4v) is 3.88. The summed E-state index contributed by atoms with van der Waals surface area (Å²) in [7, 11) is -0.201. The molecule has 0 amide bonds. The average molecular weight is 232 g/mol. The van der Waals surface area contributed by atoms with Crippen LogP contribution < -0.4 is 0 Å². The predicted octanol–water partition coefficient (Wildman–Crippen LogP) is 3.79. The van der Waals surface area contributed by atoms with Crippen LogP contribution in [-0.2, 0) is 4.79 Å². The summed E-state index contributed by atoms with van der Waals surface area (Å²) >= 11 is 0. The third-order valence-electron chi connectivity index (χ3n) is 2.66. The van der Waals surface area contributed by atoms with Gasteiger partial charge in [-0.05, 0) is 29.8 Å². The van der Waals surface area contributed by atoms with Crippen molar-refractivity contribution in [2.75, 3.05) is 12.8 Å². The van der Waals surface area contributed by atoms with Crippen LogP contribution in [0.1, 0.15) is 47.5 Å². The lowest BCUT2D eigenvalue weighted by molar-refractivity contribution is -0.136. The van der Waals surface area contributed by atoms with E-state index in [1.807, 2.05) is 0 Å². The zero-order valence-corrected chi connectivity index (χ0v) is 11.8. The topological polar surface area (TPSA) is 37.3 Å². The number of carboxylic acids is 1. The van der Waals surface area contributed by atoms with Gasteiger partial charge in [0.1, 0.15) is 0 Å². The Morgan fingerprint density at radius 1 is 1.20 bits per heavy atom. The number of hydrogen-bond donors (Lipinski definition) is 1. The highest BCUT2D eigenvalue weighted by atomic mass is 31.1. The maximum absolute atomic E-state index is 10.5. The van der Waals surface area contributed by atoms with E-state index < -0.39 is 5.97 Å². The van der Waals surface area contributed by atoms with E-state index in [4.69, 9.17) is 5.11 Å². The van der Waals surface area contributed by atoms with Gasteiger partial charge in [0.15, 0.2) is 0 Å². The summed E-state index contributed by atoms with van der Waals surface area (Å²) in [6, 6.07) is 0. The summed E-state index contributed by atoms with van der Waals surface area (Å²) in [6.45, 7) is 13.5. The van der Waals surface area contributed by atoms with E-state index >= 15 is 0 Å². The van der Waals surface area contributed by atoms with Gasteiger partial charge in [-0.1, -0.05) is 34.6 Å². The molecule has 0 aromatic rings. The van der Waals surface area contributed by atoms with E-state index in [2.05, 4.69) is 41.3 Å². The Kier molecular flexibility index (Phi) is 5.26. The number of rotatable bonds is 5. The number of carbonyl (C=O) groups is 1. The van der Waals surface area contributed by atoms with Gasteiger partial charge in [-0.3, -0.25) is 4.79 Å². The second-order valence-corrected chi connectivity index (χ2v) is 9.17. The van der Waals surface area contributed by atoms with Crippen LogP contribution in [0.5, 0.6) is 0 Å². The summed E-state index contributed by atoms with van der Waals surface area (Å²) in [5.41, 5.74) is 0.323. The molecule has 0 heterocycles. The Balaban J connectivity index is 4.25. The second-order valence-electron chi connectivity index (χ2n) is 6.12. The van der Waals surface area contributed by atoms with Crippen LogP contribution in [0.3, 0.4) is 0 Å². The van der Waals surface area contributed by atoms with Gasteiger partial charge < -0.3 is 5.11 Å². The summed E-state index contributed by atoms with van der Waals surface area (Å²) in [5.74, 6) is -0.670. The molecule has 1 unspecified atom stereocenters. The third-order valence-corrected chi connectivity index (χ3v) is 5.78. The van der Waals surface area contributed by atoms with Crippen LogP contribution in [0, 0.1) is 5.41 Å². The summed E-state index contributed by atoms with van der Waals surface area (Å²) in [5, 5.41) is 8.95. The highest BCUT2D eigenvalue weighted by Crippen LogP contribution is 2.51. The molecule has 0 rings (SSSR count). The van der Waals surface area contributed by atoms with Crippen molar-refractivity contribution in [1.82, 2.24) is 0 Å². The maximum atomic E-state index is 10.5. The van der Waals surface area contributed by atoms with Crippen molar-refractivity contribution in [2.45, 2.75) is 52.6 Å². The first-order valence-electron chi connectivity index (χ1n) is 5.48. The molecule has 0 spiro atoms. The molecule has 0 bridgehead atoms. The lowest BCUT2D eigenvalue weighted by Crippen LogP contribution is -2.26. The first kappa shape index (κ1) is 14.9. The number of aliphatic carboxylic acids is 1. The number of hydrogen-bond acceptors (Lipinski definition) is 1. The van der Waals surface area contributed by atoms with E-state index in [0.717, 1.165) is 12.6 Å². The van der Waals surface area contributed by atoms with Crippen molar-refractivity contribution in [3.63, 3.8) is 0 Å². The zero-order valence-electron chi connectivity index (χ0n) is 10.9. The predicted molar refractivity (Wildman–Crippen MR) is 68.1 cm³/mol. The molecule has 0 aromatic carbocycles. The van der Waals surface area contributed by atoms with E-state index in [1.54, 1.807) is 0 Å². The van der Waals surface area contributed by atoms with E-state index in [0.29, 0.717) is 11.8 Å². The average Bonchev–Trinajstić information content (AvgIpc) is 1.94. The smallest absolute Gasteiger partial charge is 0.303 e. The molecule has 0 saturated heterocycles. The first-order chi connectivity index (χ1) is 6.54. The second kappa shape index (κ2) is 5.30.